The van der Waals surface area contributed by atoms with Gasteiger partial charge in [0.05, 0.1) is 10.0 Å². The molecule has 3 rings (SSSR count). The van der Waals surface area contributed by atoms with Gasteiger partial charge in [-0.25, -0.2) is 9.97 Å². The third-order valence-electron chi connectivity index (χ3n) is 4.16. The van der Waals surface area contributed by atoms with Crippen molar-refractivity contribution in [3.8, 4) is 0 Å². The number of anilines is 4. The average molecular weight is 367 g/mol. The van der Waals surface area contributed by atoms with Gasteiger partial charge < -0.3 is 20.9 Å². The number of rotatable bonds is 4. The van der Waals surface area contributed by atoms with E-state index in [9.17, 15) is 0 Å². The maximum absolute atomic E-state index is 6.30. The summed E-state index contributed by atoms with van der Waals surface area (Å²) in [5, 5.41) is 4.17. The Labute approximate surface area is 151 Å². The van der Waals surface area contributed by atoms with E-state index in [0.29, 0.717) is 21.6 Å². The minimum absolute atomic E-state index is 0.477. The van der Waals surface area contributed by atoms with E-state index in [0.717, 1.165) is 44.2 Å². The molecule has 0 unspecified atom stereocenters. The molecule has 0 saturated carbocycles. The first-order chi connectivity index (χ1) is 11.6. The topological polar surface area (TPSA) is 70.3 Å². The molecular formula is C16H20Cl2N6. The van der Waals surface area contributed by atoms with Crippen molar-refractivity contribution in [1.29, 1.82) is 0 Å². The quantitative estimate of drug-likeness (QED) is 0.865. The molecule has 1 saturated heterocycles. The lowest BCUT2D eigenvalue weighted by molar-refractivity contribution is 0.270. The van der Waals surface area contributed by atoms with Crippen LogP contribution in [0.4, 0.5) is 23.0 Å². The summed E-state index contributed by atoms with van der Waals surface area (Å²) in [6.45, 7) is 7.07. The van der Waals surface area contributed by atoms with Crippen LogP contribution in [0.5, 0.6) is 0 Å². The van der Waals surface area contributed by atoms with Crippen molar-refractivity contribution < 1.29 is 0 Å². The second kappa shape index (κ2) is 7.42. The van der Waals surface area contributed by atoms with Crippen molar-refractivity contribution in [3.05, 3.63) is 34.6 Å². The van der Waals surface area contributed by atoms with Crippen molar-refractivity contribution in [2.45, 2.75) is 6.92 Å². The molecule has 1 fully saturated rings. The molecule has 1 aromatic heterocycles. The van der Waals surface area contributed by atoms with Crippen LogP contribution in [0.15, 0.2) is 24.5 Å². The smallest absolute Gasteiger partial charge is 0.159 e. The summed E-state index contributed by atoms with van der Waals surface area (Å²) in [6, 6.07) is 5.30. The standard InChI is InChI=1S/C16H20Cl2N6/c1-2-23-5-7-24(8-6-23)16-14(19)15(20-10-21-16)22-11-3-4-12(17)13(18)9-11/h3-4,9-10H,2,5-8,19H2,1H3,(H,20,21,22). The molecule has 128 valence electrons. The van der Waals surface area contributed by atoms with Gasteiger partial charge in [-0.05, 0) is 24.7 Å². The fourth-order valence-electron chi connectivity index (χ4n) is 2.72. The number of hydrogen-bond acceptors (Lipinski definition) is 6. The van der Waals surface area contributed by atoms with Gasteiger partial charge in [0.25, 0.3) is 0 Å². The highest BCUT2D eigenvalue weighted by atomic mass is 35.5. The van der Waals surface area contributed by atoms with E-state index in [-0.39, 0.29) is 0 Å². The summed E-state index contributed by atoms with van der Waals surface area (Å²) in [7, 11) is 0. The fraction of sp³-hybridized carbons (Fsp3) is 0.375. The van der Waals surface area contributed by atoms with Gasteiger partial charge in [-0.1, -0.05) is 30.1 Å². The molecule has 24 heavy (non-hydrogen) atoms. The number of nitrogen functional groups attached to an aromatic ring is 1. The third-order valence-corrected chi connectivity index (χ3v) is 4.90. The molecule has 0 aliphatic carbocycles. The molecule has 0 spiro atoms. The average Bonchev–Trinajstić information content (AvgIpc) is 2.60. The van der Waals surface area contributed by atoms with Gasteiger partial charge in [-0.3, -0.25) is 0 Å². The maximum atomic E-state index is 6.30. The van der Waals surface area contributed by atoms with Gasteiger partial charge in [0, 0.05) is 31.9 Å². The normalized spacial score (nSPS) is 15.5. The minimum atomic E-state index is 0.477. The highest BCUT2D eigenvalue weighted by molar-refractivity contribution is 6.42. The summed E-state index contributed by atoms with van der Waals surface area (Å²) in [5.74, 6) is 1.33. The first kappa shape index (κ1) is 17.1. The van der Waals surface area contributed by atoms with Gasteiger partial charge >= 0.3 is 0 Å². The van der Waals surface area contributed by atoms with Crippen molar-refractivity contribution in [2.75, 3.05) is 48.7 Å². The number of nitrogens with one attached hydrogen (secondary N) is 1. The van der Waals surface area contributed by atoms with E-state index in [2.05, 4.69) is 32.0 Å². The molecule has 0 amide bonds. The monoisotopic (exact) mass is 366 g/mol. The van der Waals surface area contributed by atoms with E-state index >= 15 is 0 Å². The predicted molar refractivity (Wildman–Crippen MR) is 101 cm³/mol. The number of nitrogens with zero attached hydrogens (tertiary/aromatic N) is 4. The number of likely N-dealkylation sites (N-methyl/N-ethyl adjacent to an activating group) is 1. The molecule has 2 heterocycles. The van der Waals surface area contributed by atoms with Crippen LogP contribution in [0.1, 0.15) is 6.92 Å². The van der Waals surface area contributed by atoms with Crippen LogP contribution >= 0.6 is 23.2 Å². The summed E-state index contributed by atoms with van der Waals surface area (Å²) >= 11 is 12.0. The highest BCUT2D eigenvalue weighted by Crippen LogP contribution is 2.31. The predicted octanol–water partition coefficient (Wildman–Crippen LogP) is 3.25. The number of piperazine rings is 1. The number of halogens is 2. The van der Waals surface area contributed by atoms with Gasteiger partial charge in [0.15, 0.2) is 11.6 Å². The molecular weight excluding hydrogens is 347 g/mol. The van der Waals surface area contributed by atoms with E-state index < -0.39 is 0 Å². The molecule has 1 aliphatic heterocycles. The second-order valence-corrected chi connectivity index (χ2v) is 6.45. The number of hydrogen-bond donors (Lipinski definition) is 2. The molecule has 6 nitrogen and oxygen atoms in total. The Bertz CT molecular complexity index is 716. The zero-order valence-corrected chi connectivity index (χ0v) is 15.0. The van der Waals surface area contributed by atoms with Crippen molar-refractivity contribution in [2.24, 2.45) is 0 Å². The SMILES string of the molecule is CCN1CCN(c2ncnc(Nc3ccc(Cl)c(Cl)c3)c2N)CC1. The van der Waals surface area contributed by atoms with Crippen LogP contribution in [0.25, 0.3) is 0 Å². The van der Waals surface area contributed by atoms with Crippen LogP contribution in [-0.4, -0.2) is 47.6 Å². The second-order valence-electron chi connectivity index (χ2n) is 5.63. The number of nitrogens with two attached hydrogens (primary N) is 1. The zero-order valence-electron chi connectivity index (χ0n) is 13.5. The zero-order chi connectivity index (χ0) is 17.1. The Hall–Kier alpha value is -1.76. The molecule has 0 atom stereocenters. The summed E-state index contributed by atoms with van der Waals surface area (Å²) < 4.78 is 0. The lowest BCUT2D eigenvalue weighted by Crippen LogP contribution is -2.46. The molecule has 0 radical (unpaired) electrons. The van der Waals surface area contributed by atoms with Gasteiger partial charge in [0.1, 0.15) is 12.0 Å². The highest BCUT2D eigenvalue weighted by Gasteiger charge is 2.20. The van der Waals surface area contributed by atoms with E-state index in [1.807, 2.05) is 6.07 Å². The van der Waals surface area contributed by atoms with E-state index in [4.69, 9.17) is 28.9 Å². The Morgan fingerprint density at radius 2 is 1.88 bits per heavy atom. The molecule has 1 aromatic carbocycles. The van der Waals surface area contributed by atoms with Gasteiger partial charge in [-0.2, -0.15) is 0 Å². The molecule has 2 aromatic rings. The Morgan fingerprint density at radius 1 is 1.12 bits per heavy atom. The lowest BCUT2D eigenvalue weighted by Gasteiger charge is -2.35. The molecule has 1 aliphatic rings. The Balaban J connectivity index is 1.79. The van der Waals surface area contributed by atoms with Crippen LogP contribution in [0.2, 0.25) is 10.0 Å². The number of aromatic nitrogens is 2. The van der Waals surface area contributed by atoms with Crippen LogP contribution < -0.4 is 16.0 Å². The van der Waals surface area contributed by atoms with E-state index in [1.165, 1.54) is 6.33 Å². The molecule has 8 heteroatoms. The van der Waals surface area contributed by atoms with Crippen molar-refractivity contribution in [3.63, 3.8) is 0 Å². The van der Waals surface area contributed by atoms with Crippen LogP contribution in [0.3, 0.4) is 0 Å². The van der Waals surface area contributed by atoms with Crippen molar-refractivity contribution in [1.82, 2.24) is 14.9 Å². The largest absolute Gasteiger partial charge is 0.393 e. The summed E-state index contributed by atoms with van der Waals surface area (Å²) in [6.07, 6.45) is 1.53. The first-order valence-corrected chi connectivity index (χ1v) is 8.64. The van der Waals surface area contributed by atoms with Crippen molar-refractivity contribution >= 4 is 46.2 Å². The summed E-state index contributed by atoms with van der Waals surface area (Å²) in [4.78, 5) is 13.2. The molecule has 0 bridgehead atoms. The maximum Gasteiger partial charge on any atom is 0.159 e. The van der Waals surface area contributed by atoms with E-state index in [1.54, 1.807) is 12.1 Å². The minimum Gasteiger partial charge on any atom is -0.393 e. The first-order valence-electron chi connectivity index (χ1n) is 7.88. The third kappa shape index (κ3) is 3.66. The Morgan fingerprint density at radius 3 is 2.54 bits per heavy atom. The Kier molecular flexibility index (Phi) is 5.28. The fourth-order valence-corrected chi connectivity index (χ4v) is 3.02. The molecule has 3 N–H and O–H groups in total. The van der Waals surface area contributed by atoms with Gasteiger partial charge in [0.2, 0.25) is 0 Å². The summed E-state index contributed by atoms with van der Waals surface area (Å²) in [5.41, 5.74) is 7.61. The van der Waals surface area contributed by atoms with Crippen LogP contribution in [-0.2, 0) is 0 Å². The lowest BCUT2D eigenvalue weighted by atomic mass is 10.2. The van der Waals surface area contributed by atoms with Gasteiger partial charge in [-0.15, -0.1) is 0 Å². The number of benzene rings is 1. The van der Waals surface area contributed by atoms with Crippen LogP contribution in [0, 0.1) is 0 Å².